The Balaban J connectivity index is 2.97. The number of ether oxygens (including phenoxy) is 1. The van der Waals surface area contributed by atoms with Gasteiger partial charge in [0.25, 0.3) is 0 Å². The van der Waals surface area contributed by atoms with Crippen LogP contribution in [0.2, 0.25) is 0 Å². The van der Waals surface area contributed by atoms with E-state index in [1.165, 1.54) is 0 Å². The Morgan fingerprint density at radius 3 is 2.15 bits per heavy atom. The zero-order chi connectivity index (χ0) is 15.4. The predicted molar refractivity (Wildman–Crippen MR) is 69.9 cm³/mol. The lowest BCUT2D eigenvalue weighted by molar-refractivity contribution is -0.138. The Labute approximate surface area is 117 Å². The molecule has 0 bridgehead atoms. The van der Waals surface area contributed by atoms with Gasteiger partial charge in [-0.3, -0.25) is 0 Å². The Bertz CT molecular complexity index is 369. The van der Waals surface area contributed by atoms with Gasteiger partial charge in [0.15, 0.2) is 0 Å². The number of carbonyl (C=O) groups excluding carboxylic acids is 1. The summed E-state index contributed by atoms with van der Waals surface area (Å²) in [6.07, 6.45) is -1.03. The fraction of sp³-hybridized carbons (Fsp3) is 0.786. The first-order valence-corrected chi connectivity index (χ1v) is 7.02. The molecule has 0 atom stereocenters. The van der Waals surface area contributed by atoms with Crippen LogP contribution in [0.4, 0.5) is 13.2 Å². The average Bonchev–Trinajstić information content (AvgIpc) is 3.18. The first-order valence-electron chi connectivity index (χ1n) is 7.02. The number of hydrogen-bond donors (Lipinski definition) is 1. The second kappa shape index (κ2) is 6.50. The van der Waals surface area contributed by atoms with E-state index in [1.54, 1.807) is 6.92 Å². The van der Waals surface area contributed by atoms with E-state index in [2.05, 4.69) is 10.1 Å². The zero-order valence-electron chi connectivity index (χ0n) is 12.1. The number of alkyl halides is 3. The highest BCUT2D eigenvalue weighted by atomic mass is 19.4. The van der Waals surface area contributed by atoms with Gasteiger partial charge in [-0.05, 0) is 38.5 Å². The van der Waals surface area contributed by atoms with Crippen molar-refractivity contribution in [2.75, 3.05) is 6.61 Å². The van der Waals surface area contributed by atoms with E-state index in [0.717, 1.165) is 12.8 Å². The van der Waals surface area contributed by atoms with Crippen LogP contribution in [-0.2, 0) is 9.53 Å². The number of rotatable bonds is 7. The van der Waals surface area contributed by atoms with E-state index in [-0.39, 0.29) is 12.5 Å². The van der Waals surface area contributed by atoms with E-state index in [4.69, 9.17) is 0 Å². The third-order valence-electron chi connectivity index (χ3n) is 3.86. The van der Waals surface area contributed by atoms with E-state index in [0.29, 0.717) is 18.9 Å². The quantitative estimate of drug-likeness (QED) is 0.576. The van der Waals surface area contributed by atoms with Crippen molar-refractivity contribution in [1.29, 1.82) is 0 Å². The van der Waals surface area contributed by atoms with Crippen LogP contribution in [0.15, 0.2) is 11.8 Å². The SMILES string of the molecule is CCOC(=O)/C=C(/NC(CC)(CC)C1CC1)C(F)(F)F. The van der Waals surface area contributed by atoms with Crippen LogP contribution in [0.5, 0.6) is 0 Å². The molecule has 1 fully saturated rings. The van der Waals surface area contributed by atoms with Gasteiger partial charge in [-0.1, -0.05) is 13.8 Å². The fourth-order valence-electron chi connectivity index (χ4n) is 2.50. The third kappa shape index (κ3) is 4.15. The minimum Gasteiger partial charge on any atom is -0.463 e. The van der Waals surface area contributed by atoms with E-state index in [1.807, 2.05) is 13.8 Å². The van der Waals surface area contributed by atoms with E-state index < -0.39 is 23.4 Å². The molecular formula is C14H22F3NO2. The number of halogens is 3. The number of hydrogen-bond acceptors (Lipinski definition) is 3. The van der Waals surface area contributed by atoms with Crippen LogP contribution in [0.25, 0.3) is 0 Å². The molecule has 0 unspecified atom stereocenters. The molecule has 1 N–H and O–H groups in total. The molecule has 0 aromatic carbocycles. The molecule has 1 rings (SSSR count). The number of allylic oxidation sites excluding steroid dienone is 1. The van der Waals surface area contributed by atoms with Crippen molar-refractivity contribution >= 4 is 5.97 Å². The highest BCUT2D eigenvalue weighted by molar-refractivity contribution is 5.82. The van der Waals surface area contributed by atoms with Gasteiger partial charge in [-0.25, -0.2) is 4.79 Å². The highest BCUT2D eigenvalue weighted by Gasteiger charge is 2.46. The van der Waals surface area contributed by atoms with Crippen molar-refractivity contribution in [2.24, 2.45) is 5.92 Å². The summed E-state index contributed by atoms with van der Waals surface area (Å²) in [5, 5.41) is 2.59. The summed E-state index contributed by atoms with van der Waals surface area (Å²) in [5.41, 5.74) is -1.60. The molecule has 3 nitrogen and oxygen atoms in total. The first-order chi connectivity index (χ1) is 9.29. The van der Waals surface area contributed by atoms with Crippen LogP contribution >= 0.6 is 0 Å². The Morgan fingerprint density at radius 2 is 1.80 bits per heavy atom. The highest BCUT2D eigenvalue weighted by Crippen LogP contribution is 2.44. The second-order valence-corrected chi connectivity index (χ2v) is 5.07. The summed E-state index contributed by atoms with van der Waals surface area (Å²) >= 11 is 0. The molecule has 0 amide bonds. The van der Waals surface area contributed by atoms with Crippen LogP contribution in [0.3, 0.4) is 0 Å². The van der Waals surface area contributed by atoms with Crippen molar-refractivity contribution in [3.8, 4) is 0 Å². The molecule has 116 valence electrons. The number of esters is 1. The van der Waals surface area contributed by atoms with Gasteiger partial charge >= 0.3 is 12.1 Å². The molecule has 1 aliphatic rings. The van der Waals surface area contributed by atoms with Crippen molar-refractivity contribution < 1.29 is 22.7 Å². The Hall–Kier alpha value is -1.20. The third-order valence-corrected chi connectivity index (χ3v) is 3.86. The van der Waals surface area contributed by atoms with Gasteiger partial charge in [-0.2, -0.15) is 13.2 Å². The van der Waals surface area contributed by atoms with Gasteiger partial charge in [0.2, 0.25) is 0 Å². The summed E-state index contributed by atoms with van der Waals surface area (Å²) < 4.78 is 43.8. The number of nitrogens with one attached hydrogen (secondary N) is 1. The molecule has 0 aromatic rings. The number of carbonyl (C=O) groups is 1. The topological polar surface area (TPSA) is 38.3 Å². The molecule has 1 aliphatic carbocycles. The molecule has 6 heteroatoms. The summed E-state index contributed by atoms with van der Waals surface area (Å²) in [5.74, 6) is -0.727. The first kappa shape index (κ1) is 16.9. The molecule has 0 saturated heterocycles. The minimum absolute atomic E-state index is 0.0514. The van der Waals surface area contributed by atoms with Crippen molar-refractivity contribution in [3.63, 3.8) is 0 Å². The smallest absolute Gasteiger partial charge is 0.431 e. The summed E-state index contributed by atoms with van der Waals surface area (Å²) in [6.45, 7) is 5.34. The summed E-state index contributed by atoms with van der Waals surface area (Å²) in [4.78, 5) is 11.3. The summed E-state index contributed by atoms with van der Waals surface area (Å²) in [7, 11) is 0. The molecule has 1 saturated carbocycles. The fourth-order valence-corrected chi connectivity index (χ4v) is 2.50. The molecule has 0 radical (unpaired) electrons. The monoisotopic (exact) mass is 293 g/mol. The summed E-state index contributed by atoms with van der Waals surface area (Å²) in [6, 6.07) is 0. The lowest BCUT2D eigenvalue weighted by Gasteiger charge is -2.36. The molecule has 0 aromatic heterocycles. The molecule has 0 aliphatic heterocycles. The van der Waals surface area contributed by atoms with Gasteiger partial charge in [0.1, 0.15) is 5.70 Å². The second-order valence-electron chi connectivity index (χ2n) is 5.07. The maximum absolute atomic E-state index is 13.1. The minimum atomic E-state index is -4.59. The lowest BCUT2D eigenvalue weighted by atomic mass is 9.86. The average molecular weight is 293 g/mol. The molecule has 20 heavy (non-hydrogen) atoms. The van der Waals surface area contributed by atoms with Gasteiger partial charge in [-0.15, -0.1) is 0 Å². The van der Waals surface area contributed by atoms with E-state index in [9.17, 15) is 18.0 Å². The molecule has 0 spiro atoms. The molecule has 0 heterocycles. The lowest BCUT2D eigenvalue weighted by Crippen LogP contribution is -2.48. The van der Waals surface area contributed by atoms with Crippen LogP contribution in [0.1, 0.15) is 46.5 Å². The van der Waals surface area contributed by atoms with Crippen LogP contribution in [0, 0.1) is 5.92 Å². The largest absolute Gasteiger partial charge is 0.463 e. The molecular weight excluding hydrogens is 271 g/mol. The van der Waals surface area contributed by atoms with Crippen LogP contribution in [-0.4, -0.2) is 24.3 Å². The van der Waals surface area contributed by atoms with Gasteiger partial charge < -0.3 is 10.1 Å². The van der Waals surface area contributed by atoms with Gasteiger partial charge in [0, 0.05) is 5.54 Å². The van der Waals surface area contributed by atoms with E-state index >= 15 is 0 Å². The van der Waals surface area contributed by atoms with Gasteiger partial charge in [0.05, 0.1) is 12.7 Å². The van der Waals surface area contributed by atoms with Crippen molar-refractivity contribution in [2.45, 2.75) is 58.2 Å². The Morgan fingerprint density at radius 1 is 1.25 bits per heavy atom. The predicted octanol–water partition coefficient (Wildman–Crippen LogP) is 3.55. The maximum atomic E-state index is 13.1. The van der Waals surface area contributed by atoms with Crippen LogP contribution < -0.4 is 5.32 Å². The zero-order valence-corrected chi connectivity index (χ0v) is 12.1. The standard InChI is InChI=1S/C14H22F3NO2/c1-4-13(5-2,10-7-8-10)18-11(14(15,16)17)9-12(19)20-6-3/h9-10,18H,4-8H2,1-3H3/b11-9+. The normalized spacial score (nSPS) is 17.0. The maximum Gasteiger partial charge on any atom is 0.431 e. The Kier molecular flexibility index (Phi) is 5.48. The van der Waals surface area contributed by atoms with Crippen molar-refractivity contribution in [3.05, 3.63) is 11.8 Å². The van der Waals surface area contributed by atoms with Crippen molar-refractivity contribution in [1.82, 2.24) is 5.32 Å².